The van der Waals surface area contributed by atoms with Crippen molar-refractivity contribution in [1.82, 2.24) is 9.97 Å². The first-order chi connectivity index (χ1) is 12.7. The van der Waals surface area contributed by atoms with Gasteiger partial charge in [0.1, 0.15) is 11.6 Å². The molecule has 0 amide bonds. The van der Waals surface area contributed by atoms with Gasteiger partial charge in [0.2, 0.25) is 5.95 Å². The van der Waals surface area contributed by atoms with Gasteiger partial charge >= 0.3 is 0 Å². The van der Waals surface area contributed by atoms with Gasteiger partial charge in [-0.2, -0.15) is 4.98 Å². The SMILES string of the molecule is Fc1ccc(CCNc2ccnc(NCCc3cccc(Cl)c3)n2)cc1. The number of hydrogen-bond acceptors (Lipinski definition) is 4. The molecule has 1 aromatic heterocycles. The summed E-state index contributed by atoms with van der Waals surface area (Å²) in [6.07, 6.45) is 3.35. The van der Waals surface area contributed by atoms with E-state index in [9.17, 15) is 4.39 Å². The van der Waals surface area contributed by atoms with Crippen LogP contribution in [0.2, 0.25) is 5.02 Å². The number of rotatable bonds is 8. The average Bonchev–Trinajstić information content (AvgIpc) is 2.64. The predicted molar refractivity (Wildman–Crippen MR) is 104 cm³/mol. The van der Waals surface area contributed by atoms with Crippen molar-refractivity contribution < 1.29 is 4.39 Å². The fourth-order valence-corrected chi connectivity index (χ4v) is 2.75. The summed E-state index contributed by atoms with van der Waals surface area (Å²) in [6.45, 7) is 1.43. The third-order valence-corrected chi connectivity index (χ3v) is 4.11. The smallest absolute Gasteiger partial charge is 0.224 e. The molecule has 3 aromatic rings. The largest absolute Gasteiger partial charge is 0.370 e. The molecule has 0 aliphatic heterocycles. The van der Waals surface area contributed by atoms with Gasteiger partial charge in [-0.25, -0.2) is 9.37 Å². The standard InChI is InChI=1S/C20H20ClFN4/c21-17-3-1-2-16(14-17)9-12-24-20-25-13-10-19(26-20)23-11-8-15-4-6-18(22)7-5-15/h1-7,10,13-14H,8-9,11-12H2,(H2,23,24,25,26). The predicted octanol–water partition coefficient (Wildman–Crippen LogP) is 4.58. The van der Waals surface area contributed by atoms with Crippen molar-refractivity contribution in [2.75, 3.05) is 23.7 Å². The fourth-order valence-electron chi connectivity index (χ4n) is 2.54. The van der Waals surface area contributed by atoms with Crippen molar-refractivity contribution >= 4 is 23.4 Å². The van der Waals surface area contributed by atoms with Gasteiger partial charge in [-0.05, 0) is 54.3 Å². The number of aromatic nitrogens is 2. The Morgan fingerprint density at radius 1 is 0.885 bits per heavy atom. The fraction of sp³-hybridized carbons (Fsp3) is 0.200. The van der Waals surface area contributed by atoms with Crippen molar-refractivity contribution in [3.05, 3.63) is 82.8 Å². The second-order valence-corrected chi connectivity index (χ2v) is 6.31. The summed E-state index contributed by atoms with van der Waals surface area (Å²) >= 11 is 5.99. The highest BCUT2D eigenvalue weighted by atomic mass is 35.5. The quantitative estimate of drug-likeness (QED) is 0.609. The van der Waals surface area contributed by atoms with Crippen LogP contribution in [0, 0.1) is 5.82 Å². The van der Waals surface area contributed by atoms with Crippen molar-refractivity contribution in [2.24, 2.45) is 0 Å². The van der Waals surface area contributed by atoms with Gasteiger partial charge in [0.05, 0.1) is 0 Å². The zero-order chi connectivity index (χ0) is 18.2. The molecule has 0 saturated carbocycles. The maximum atomic E-state index is 12.9. The number of halogens is 2. The highest BCUT2D eigenvalue weighted by molar-refractivity contribution is 6.30. The minimum Gasteiger partial charge on any atom is -0.370 e. The molecule has 6 heteroatoms. The van der Waals surface area contributed by atoms with Crippen LogP contribution in [0.3, 0.4) is 0 Å². The van der Waals surface area contributed by atoms with Crippen LogP contribution in [-0.2, 0) is 12.8 Å². The summed E-state index contributed by atoms with van der Waals surface area (Å²) < 4.78 is 12.9. The van der Waals surface area contributed by atoms with Crippen LogP contribution in [0.4, 0.5) is 16.2 Å². The van der Waals surface area contributed by atoms with Crippen molar-refractivity contribution in [3.8, 4) is 0 Å². The first-order valence-electron chi connectivity index (χ1n) is 8.49. The van der Waals surface area contributed by atoms with E-state index in [1.165, 1.54) is 17.7 Å². The van der Waals surface area contributed by atoms with Gasteiger partial charge < -0.3 is 10.6 Å². The second-order valence-electron chi connectivity index (χ2n) is 5.88. The third kappa shape index (κ3) is 5.70. The van der Waals surface area contributed by atoms with Gasteiger partial charge in [0.15, 0.2) is 0 Å². The minimum atomic E-state index is -0.217. The molecular weight excluding hydrogens is 351 g/mol. The Kier molecular flexibility index (Phi) is 6.39. The number of benzene rings is 2. The summed E-state index contributed by atoms with van der Waals surface area (Å²) in [5.74, 6) is 1.12. The highest BCUT2D eigenvalue weighted by Crippen LogP contribution is 2.12. The number of nitrogens with zero attached hydrogens (tertiary/aromatic N) is 2. The highest BCUT2D eigenvalue weighted by Gasteiger charge is 2.00. The first-order valence-corrected chi connectivity index (χ1v) is 8.86. The zero-order valence-corrected chi connectivity index (χ0v) is 15.0. The Balaban J connectivity index is 1.46. The molecule has 0 bridgehead atoms. The molecule has 0 atom stereocenters. The molecule has 0 aliphatic rings. The van der Waals surface area contributed by atoms with E-state index >= 15 is 0 Å². The van der Waals surface area contributed by atoms with Gasteiger partial charge in [-0.3, -0.25) is 0 Å². The molecule has 2 aromatic carbocycles. The lowest BCUT2D eigenvalue weighted by Gasteiger charge is -2.09. The van der Waals surface area contributed by atoms with Crippen LogP contribution in [-0.4, -0.2) is 23.1 Å². The topological polar surface area (TPSA) is 49.8 Å². The van der Waals surface area contributed by atoms with E-state index < -0.39 is 0 Å². The molecule has 0 saturated heterocycles. The van der Waals surface area contributed by atoms with E-state index in [0.29, 0.717) is 12.5 Å². The average molecular weight is 371 g/mol. The van der Waals surface area contributed by atoms with Crippen molar-refractivity contribution in [2.45, 2.75) is 12.8 Å². The molecule has 0 radical (unpaired) electrons. The third-order valence-electron chi connectivity index (χ3n) is 3.87. The van der Waals surface area contributed by atoms with Gasteiger partial charge in [-0.1, -0.05) is 35.9 Å². The number of nitrogens with one attached hydrogen (secondary N) is 2. The van der Waals surface area contributed by atoms with Crippen molar-refractivity contribution in [3.63, 3.8) is 0 Å². The van der Waals surface area contributed by atoms with Gasteiger partial charge in [0.25, 0.3) is 0 Å². The summed E-state index contributed by atoms with van der Waals surface area (Å²) in [4.78, 5) is 8.68. The molecule has 134 valence electrons. The summed E-state index contributed by atoms with van der Waals surface area (Å²) in [5.41, 5.74) is 2.24. The van der Waals surface area contributed by atoms with Gasteiger partial charge in [0, 0.05) is 24.3 Å². The molecule has 2 N–H and O–H groups in total. The molecule has 0 fully saturated rings. The van der Waals surface area contributed by atoms with Crippen LogP contribution < -0.4 is 10.6 Å². The Morgan fingerprint density at radius 3 is 2.46 bits per heavy atom. The Morgan fingerprint density at radius 2 is 1.65 bits per heavy atom. The van der Waals surface area contributed by atoms with E-state index in [-0.39, 0.29) is 5.82 Å². The van der Waals surface area contributed by atoms with Crippen molar-refractivity contribution in [1.29, 1.82) is 0 Å². The maximum Gasteiger partial charge on any atom is 0.224 e. The monoisotopic (exact) mass is 370 g/mol. The molecule has 0 aliphatic carbocycles. The molecule has 4 nitrogen and oxygen atoms in total. The van der Waals surface area contributed by atoms with E-state index in [2.05, 4.69) is 20.6 Å². The molecule has 0 unspecified atom stereocenters. The lowest BCUT2D eigenvalue weighted by Crippen LogP contribution is -2.11. The molecule has 1 heterocycles. The summed E-state index contributed by atoms with van der Waals surface area (Å²) in [7, 11) is 0. The minimum absolute atomic E-state index is 0.217. The van der Waals surface area contributed by atoms with Crippen LogP contribution in [0.15, 0.2) is 60.8 Å². The summed E-state index contributed by atoms with van der Waals surface area (Å²) in [6, 6.07) is 16.2. The maximum absolute atomic E-state index is 12.9. The lowest BCUT2D eigenvalue weighted by atomic mass is 10.1. The van der Waals surface area contributed by atoms with E-state index in [0.717, 1.165) is 35.8 Å². The zero-order valence-electron chi connectivity index (χ0n) is 14.3. The van der Waals surface area contributed by atoms with Crippen LogP contribution >= 0.6 is 11.6 Å². The van der Waals surface area contributed by atoms with Crippen LogP contribution in [0.5, 0.6) is 0 Å². The molecule has 3 rings (SSSR count). The lowest BCUT2D eigenvalue weighted by molar-refractivity contribution is 0.627. The molecular formula is C20H20ClFN4. The van der Waals surface area contributed by atoms with E-state index in [4.69, 9.17) is 11.6 Å². The van der Waals surface area contributed by atoms with E-state index in [1.54, 1.807) is 18.3 Å². The van der Waals surface area contributed by atoms with E-state index in [1.807, 2.05) is 30.3 Å². The number of hydrogen-bond donors (Lipinski definition) is 2. The number of anilines is 2. The molecule has 26 heavy (non-hydrogen) atoms. The second kappa shape index (κ2) is 9.15. The Bertz CT molecular complexity index is 839. The Labute approximate surface area is 157 Å². The van der Waals surface area contributed by atoms with Gasteiger partial charge in [-0.15, -0.1) is 0 Å². The normalized spacial score (nSPS) is 10.5. The Hall–Kier alpha value is -2.66. The molecule has 0 spiro atoms. The van der Waals surface area contributed by atoms with Crippen LogP contribution in [0.1, 0.15) is 11.1 Å². The first kappa shape index (κ1) is 18.1. The van der Waals surface area contributed by atoms with Crippen LogP contribution in [0.25, 0.3) is 0 Å². The summed E-state index contributed by atoms with van der Waals surface area (Å²) in [5, 5.41) is 7.22.